The van der Waals surface area contributed by atoms with E-state index in [1.54, 1.807) is 0 Å². The zero-order valence-electron chi connectivity index (χ0n) is 9.43. The van der Waals surface area contributed by atoms with Crippen LogP contribution in [0, 0.1) is 0 Å². The summed E-state index contributed by atoms with van der Waals surface area (Å²) >= 11 is 0. The molecule has 1 N–H and O–H groups in total. The Bertz CT molecular complexity index is 205. The summed E-state index contributed by atoms with van der Waals surface area (Å²) in [5.74, 6) is -0.105. The van der Waals surface area contributed by atoms with Crippen molar-refractivity contribution >= 4 is 5.97 Å². The zero-order chi connectivity index (χ0) is 10.6. The first-order chi connectivity index (χ1) is 6.56. The van der Waals surface area contributed by atoms with Crippen LogP contribution in [-0.2, 0) is 9.53 Å². The van der Waals surface area contributed by atoms with Crippen LogP contribution >= 0.6 is 0 Å². The molecule has 2 unspecified atom stereocenters. The van der Waals surface area contributed by atoms with Crippen LogP contribution in [0.1, 0.15) is 46.0 Å². The Morgan fingerprint density at radius 2 is 2.36 bits per heavy atom. The third kappa shape index (κ3) is 3.29. The Kier molecular flexibility index (Phi) is 3.93. The van der Waals surface area contributed by atoms with Crippen molar-refractivity contribution in [1.29, 1.82) is 0 Å². The van der Waals surface area contributed by atoms with E-state index in [0.29, 0.717) is 12.5 Å². The van der Waals surface area contributed by atoms with E-state index in [0.717, 1.165) is 12.8 Å². The second-order valence-electron chi connectivity index (χ2n) is 4.57. The van der Waals surface area contributed by atoms with E-state index in [1.165, 1.54) is 20.0 Å². The molecule has 0 amide bonds. The van der Waals surface area contributed by atoms with E-state index in [2.05, 4.69) is 23.9 Å². The molecule has 1 aliphatic rings. The highest BCUT2D eigenvalue weighted by atomic mass is 16.5. The third-order valence-electron chi connectivity index (χ3n) is 3.07. The van der Waals surface area contributed by atoms with Crippen molar-refractivity contribution in [2.75, 3.05) is 7.11 Å². The topological polar surface area (TPSA) is 38.3 Å². The van der Waals surface area contributed by atoms with Gasteiger partial charge in [0.1, 0.15) is 0 Å². The molecule has 0 spiro atoms. The van der Waals surface area contributed by atoms with Gasteiger partial charge in [0.2, 0.25) is 0 Å². The molecule has 3 heteroatoms. The Balaban J connectivity index is 2.37. The maximum atomic E-state index is 11.0. The third-order valence-corrected chi connectivity index (χ3v) is 3.07. The number of ether oxygens (including phenoxy) is 1. The van der Waals surface area contributed by atoms with Crippen molar-refractivity contribution in [2.45, 2.75) is 57.5 Å². The van der Waals surface area contributed by atoms with Crippen molar-refractivity contribution < 1.29 is 9.53 Å². The Hall–Kier alpha value is -0.570. The van der Waals surface area contributed by atoms with Gasteiger partial charge in [-0.05, 0) is 33.1 Å². The molecule has 1 fully saturated rings. The standard InChI is InChI=1S/C11H21NO2/c1-9-5-4-7-11(2,12-9)8-6-10(13)14-3/h9,12H,4-8H2,1-3H3. The highest BCUT2D eigenvalue weighted by Gasteiger charge is 2.29. The predicted molar refractivity (Wildman–Crippen MR) is 56.1 cm³/mol. The number of hydrogen-bond acceptors (Lipinski definition) is 3. The minimum Gasteiger partial charge on any atom is -0.469 e. The summed E-state index contributed by atoms with van der Waals surface area (Å²) in [6, 6.07) is 0.575. The monoisotopic (exact) mass is 199 g/mol. The zero-order valence-corrected chi connectivity index (χ0v) is 9.43. The fraction of sp³-hybridized carbons (Fsp3) is 0.909. The van der Waals surface area contributed by atoms with Crippen LogP contribution in [0.5, 0.6) is 0 Å². The molecule has 3 nitrogen and oxygen atoms in total. The number of hydrogen-bond donors (Lipinski definition) is 1. The second-order valence-corrected chi connectivity index (χ2v) is 4.57. The predicted octanol–water partition coefficient (Wildman–Crippen LogP) is 1.86. The van der Waals surface area contributed by atoms with E-state index < -0.39 is 0 Å². The number of carbonyl (C=O) groups is 1. The summed E-state index contributed by atoms with van der Waals surface area (Å²) in [4.78, 5) is 11.0. The van der Waals surface area contributed by atoms with Gasteiger partial charge in [0, 0.05) is 18.0 Å². The molecule has 1 rings (SSSR count). The molecule has 0 bridgehead atoms. The molecule has 1 aliphatic heterocycles. The molecule has 14 heavy (non-hydrogen) atoms. The Morgan fingerprint density at radius 1 is 1.64 bits per heavy atom. The smallest absolute Gasteiger partial charge is 0.305 e. The van der Waals surface area contributed by atoms with Gasteiger partial charge in [0.15, 0.2) is 0 Å². The van der Waals surface area contributed by atoms with Crippen molar-refractivity contribution in [3.8, 4) is 0 Å². The Morgan fingerprint density at radius 3 is 2.93 bits per heavy atom. The molecule has 0 aliphatic carbocycles. The second kappa shape index (κ2) is 4.78. The van der Waals surface area contributed by atoms with E-state index in [-0.39, 0.29) is 11.5 Å². The van der Waals surface area contributed by atoms with E-state index in [4.69, 9.17) is 0 Å². The van der Waals surface area contributed by atoms with Gasteiger partial charge in [-0.2, -0.15) is 0 Å². The average Bonchev–Trinajstić information content (AvgIpc) is 2.14. The van der Waals surface area contributed by atoms with Gasteiger partial charge in [0.25, 0.3) is 0 Å². The minimum atomic E-state index is -0.105. The lowest BCUT2D eigenvalue weighted by Crippen LogP contribution is -2.50. The normalized spacial score (nSPS) is 32.6. The molecular formula is C11H21NO2. The highest BCUT2D eigenvalue weighted by Crippen LogP contribution is 2.26. The van der Waals surface area contributed by atoms with Crippen LogP contribution in [0.2, 0.25) is 0 Å². The maximum absolute atomic E-state index is 11.0. The molecule has 0 aromatic rings. The largest absolute Gasteiger partial charge is 0.469 e. The van der Waals surface area contributed by atoms with Gasteiger partial charge < -0.3 is 10.1 Å². The maximum Gasteiger partial charge on any atom is 0.305 e. The summed E-state index contributed by atoms with van der Waals surface area (Å²) in [5.41, 5.74) is 0.131. The van der Waals surface area contributed by atoms with Crippen LogP contribution in [0.25, 0.3) is 0 Å². The average molecular weight is 199 g/mol. The number of esters is 1. The quantitative estimate of drug-likeness (QED) is 0.705. The number of methoxy groups -OCH3 is 1. The molecule has 0 saturated carbocycles. The van der Waals surface area contributed by atoms with E-state index in [1.807, 2.05) is 0 Å². The number of rotatable bonds is 3. The van der Waals surface area contributed by atoms with Crippen LogP contribution in [0.15, 0.2) is 0 Å². The highest BCUT2D eigenvalue weighted by molar-refractivity contribution is 5.69. The lowest BCUT2D eigenvalue weighted by Gasteiger charge is -2.38. The lowest BCUT2D eigenvalue weighted by molar-refractivity contribution is -0.141. The van der Waals surface area contributed by atoms with Crippen molar-refractivity contribution in [3.63, 3.8) is 0 Å². The van der Waals surface area contributed by atoms with Crippen LogP contribution in [0.4, 0.5) is 0 Å². The first-order valence-corrected chi connectivity index (χ1v) is 5.40. The minimum absolute atomic E-state index is 0.105. The van der Waals surface area contributed by atoms with Crippen molar-refractivity contribution in [3.05, 3.63) is 0 Å². The molecule has 2 atom stereocenters. The summed E-state index contributed by atoms with van der Waals surface area (Å²) in [6.07, 6.45) is 5.06. The number of nitrogens with one attached hydrogen (secondary N) is 1. The molecule has 0 aromatic heterocycles. The first-order valence-electron chi connectivity index (χ1n) is 5.40. The van der Waals surface area contributed by atoms with Crippen LogP contribution in [-0.4, -0.2) is 24.7 Å². The molecular weight excluding hydrogens is 178 g/mol. The summed E-state index contributed by atoms with van der Waals surface area (Å²) in [5, 5.41) is 3.56. The fourth-order valence-electron chi connectivity index (χ4n) is 2.21. The number of carbonyl (C=O) groups excluding carboxylic acids is 1. The SMILES string of the molecule is COC(=O)CCC1(C)CCCC(C)N1. The van der Waals surface area contributed by atoms with Gasteiger partial charge in [-0.3, -0.25) is 4.79 Å². The van der Waals surface area contributed by atoms with Crippen LogP contribution in [0.3, 0.4) is 0 Å². The van der Waals surface area contributed by atoms with E-state index in [9.17, 15) is 4.79 Å². The molecule has 1 heterocycles. The Labute approximate surface area is 86.2 Å². The molecule has 0 radical (unpaired) electrons. The lowest BCUT2D eigenvalue weighted by atomic mass is 9.84. The molecule has 82 valence electrons. The summed E-state index contributed by atoms with van der Waals surface area (Å²) in [7, 11) is 1.45. The summed E-state index contributed by atoms with van der Waals surface area (Å²) in [6.45, 7) is 4.40. The van der Waals surface area contributed by atoms with Gasteiger partial charge in [-0.1, -0.05) is 6.42 Å². The number of piperidine rings is 1. The van der Waals surface area contributed by atoms with Gasteiger partial charge >= 0.3 is 5.97 Å². The van der Waals surface area contributed by atoms with Crippen molar-refractivity contribution in [1.82, 2.24) is 5.32 Å². The van der Waals surface area contributed by atoms with E-state index >= 15 is 0 Å². The van der Waals surface area contributed by atoms with Crippen LogP contribution < -0.4 is 5.32 Å². The van der Waals surface area contributed by atoms with Gasteiger partial charge in [-0.15, -0.1) is 0 Å². The molecule has 1 saturated heterocycles. The van der Waals surface area contributed by atoms with Gasteiger partial charge in [0.05, 0.1) is 7.11 Å². The fourth-order valence-corrected chi connectivity index (χ4v) is 2.21. The summed E-state index contributed by atoms with van der Waals surface area (Å²) < 4.78 is 4.65. The van der Waals surface area contributed by atoms with Crippen molar-refractivity contribution in [2.24, 2.45) is 0 Å². The first kappa shape index (κ1) is 11.5. The van der Waals surface area contributed by atoms with Gasteiger partial charge in [-0.25, -0.2) is 0 Å². The molecule has 0 aromatic carbocycles.